The van der Waals surface area contributed by atoms with Crippen LogP contribution in [0.3, 0.4) is 0 Å². The summed E-state index contributed by atoms with van der Waals surface area (Å²) in [6.45, 7) is 2.57. The van der Waals surface area contributed by atoms with Crippen LogP contribution in [0.25, 0.3) is 0 Å². The fraction of sp³-hybridized carbons (Fsp3) is 0.500. The molecule has 1 aliphatic carbocycles. The van der Waals surface area contributed by atoms with Crippen LogP contribution in [0.2, 0.25) is 0 Å². The maximum Gasteiger partial charge on any atom is 0.228 e. The second kappa shape index (κ2) is 7.06. The van der Waals surface area contributed by atoms with Crippen molar-refractivity contribution >= 4 is 11.7 Å². The lowest BCUT2D eigenvalue weighted by Gasteiger charge is -2.25. The van der Waals surface area contributed by atoms with Crippen LogP contribution in [0.15, 0.2) is 18.3 Å². The summed E-state index contributed by atoms with van der Waals surface area (Å²) in [5.41, 5.74) is 6.16. The van der Waals surface area contributed by atoms with Crippen molar-refractivity contribution in [1.82, 2.24) is 4.98 Å². The van der Waals surface area contributed by atoms with Gasteiger partial charge in [0.2, 0.25) is 5.91 Å². The largest absolute Gasteiger partial charge is 0.320 e. The van der Waals surface area contributed by atoms with Gasteiger partial charge in [0.15, 0.2) is 0 Å². The van der Waals surface area contributed by atoms with E-state index in [4.69, 9.17) is 5.73 Å². The molecule has 4 nitrogen and oxygen atoms in total. The molecule has 0 radical (unpaired) electrons. The average molecular weight is 271 g/mol. The van der Waals surface area contributed by atoms with Crippen LogP contribution in [-0.2, 0) is 4.79 Å². The minimum absolute atomic E-state index is 0.0772. The highest BCUT2D eigenvalue weighted by Gasteiger charge is 2.24. The van der Waals surface area contributed by atoms with Crippen LogP contribution in [0, 0.1) is 23.7 Å². The zero-order valence-corrected chi connectivity index (χ0v) is 11.9. The third-order valence-electron chi connectivity index (χ3n) is 3.73. The highest BCUT2D eigenvalue weighted by atomic mass is 16.1. The number of carbonyl (C=O) groups excluding carboxylic acids is 1. The molecule has 0 unspecified atom stereocenters. The summed E-state index contributed by atoms with van der Waals surface area (Å²) in [7, 11) is 0. The van der Waals surface area contributed by atoms with Gasteiger partial charge in [0.25, 0.3) is 0 Å². The molecule has 1 aliphatic rings. The van der Waals surface area contributed by atoms with Crippen LogP contribution < -0.4 is 11.1 Å². The molecule has 0 aliphatic heterocycles. The van der Waals surface area contributed by atoms with Crippen LogP contribution in [-0.4, -0.2) is 17.4 Å². The Morgan fingerprint density at radius 2 is 2.20 bits per heavy atom. The van der Waals surface area contributed by atoms with E-state index >= 15 is 0 Å². The van der Waals surface area contributed by atoms with Crippen LogP contribution in [0.5, 0.6) is 0 Å². The average Bonchev–Trinajstić information content (AvgIpc) is 2.46. The summed E-state index contributed by atoms with van der Waals surface area (Å²) < 4.78 is 0. The van der Waals surface area contributed by atoms with E-state index < -0.39 is 0 Å². The van der Waals surface area contributed by atoms with Gasteiger partial charge in [0, 0.05) is 17.7 Å². The van der Waals surface area contributed by atoms with E-state index in [0.29, 0.717) is 12.4 Å². The Balaban J connectivity index is 1.97. The highest BCUT2D eigenvalue weighted by molar-refractivity contribution is 5.91. The fourth-order valence-electron chi connectivity index (χ4n) is 2.48. The lowest BCUT2D eigenvalue weighted by Crippen LogP contribution is -2.26. The monoisotopic (exact) mass is 271 g/mol. The Morgan fingerprint density at radius 3 is 2.90 bits per heavy atom. The van der Waals surface area contributed by atoms with Crippen molar-refractivity contribution in [2.75, 3.05) is 11.9 Å². The molecule has 3 N–H and O–H groups in total. The normalized spacial score (nSPS) is 21.7. The number of rotatable bonds is 2. The summed E-state index contributed by atoms with van der Waals surface area (Å²) >= 11 is 0. The molecule has 1 aromatic heterocycles. The van der Waals surface area contributed by atoms with Crippen molar-refractivity contribution < 1.29 is 4.79 Å². The lowest BCUT2D eigenvalue weighted by atomic mass is 9.82. The van der Waals surface area contributed by atoms with E-state index in [0.717, 1.165) is 37.2 Å². The van der Waals surface area contributed by atoms with Gasteiger partial charge < -0.3 is 11.1 Å². The number of aromatic nitrogens is 1. The molecule has 2 rings (SSSR count). The molecular formula is C16H21N3O. The number of hydrogen-bond donors (Lipinski definition) is 2. The first-order valence-corrected chi connectivity index (χ1v) is 7.15. The number of nitrogens with one attached hydrogen (secondary N) is 1. The summed E-state index contributed by atoms with van der Waals surface area (Å²) in [6, 6.07) is 3.59. The van der Waals surface area contributed by atoms with Gasteiger partial charge in [-0.05, 0) is 43.7 Å². The second-order valence-electron chi connectivity index (χ2n) is 5.38. The standard InChI is InChI=1S/C16H21N3O/c1-12-4-6-14(7-5-12)16(20)19-15-11-13(3-2-9-17)8-10-18-15/h8,10-12,14H,4-7,9,17H2,1H3,(H,18,19,20). The summed E-state index contributed by atoms with van der Waals surface area (Å²) in [6.07, 6.45) is 5.86. The van der Waals surface area contributed by atoms with Crippen LogP contribution in [0.1, 0.15) is 38.2 Å². The first kappa shape index (κ1) is 14.5. The van der Waals surface area contributed by atoms with Gasteiger partial charge >= 0.3 is 0 Å². The van der Waals surface area contributed by atoms with Gasteiger partial charge in [-0.1, -0.05) is 18.8 Å². The molecule has 4 heteroatoms. The van der Waals surface area contributed by atoms with Crippen molar-refractivity contribution in [3.8, 4) is 11.8 Å². The van der Waals surface area contributed by atoms with Gasteiger partial charge in [0.05, 0.1) is 6.54 Å². The molecule has 106 valence electrons. The lowest BCUT2D eigenvalue weighted by molar-refractivity contribution is -0.121. The predicted octanol–water partition coefficient (Wildman–Crippen LogP) is 2.16. The van der Waals surface area contributed by atoms with Crippen LogP contribution >= 0.6 is 0 Å². The van der Waals surface area contributed by atoms with Gasteiger partial charge in [-0.15, -0.1) is 0 Å². The molecule has 1 saturated carbocycles. The minimum atomic E-state index is 0.0772. The van der Waals surface area contributed by atoms with Crippen molar-refractivity contribution in [2.45, 2.75) is 32.6 Å². The zero-order valence-electron chi connectivity index (χ0n) is 11.9. The number of carbonyl (C=O) groups is 1. The molecule has 1 heterocycles. The van der Waals surface area contributed by atoms with Crippen molar-refractivity contribution in [2.24, 2.45) is 17.6 Å². The van der Waals surface area contributed by atoms with Gasteiger partial charge in [-0.25, -0.2) is 4.98 Å². The van der Waals surface area contributed by atoms with E-state index in [1.165, 1.54) is 0 Å². The fourth-order valence-corrected chi connectivity index (χ4v) is 2.48. The van der Waals surface area contributed by atoms with E-state index in [-0.39, 0.29) is 11.8 Å². The summed E-state index contributed by atoms with van der Waals surface area (Å²) in [5.74, 6) is 7.23. The number of anilines is 1. The number of nitrogens with two attached hydrogens (primary N) is 1. The maximum absolute atomic E-state index is 12.2. The number of amides is 1. The molecule has 20 heavy (non-hydrogen) atoms. The zero-order chi connectivity index (χ0) is 14.4. The quantitative estimate of drug-likeness (QED) is 0.810. The molecule has 1 aromatic rings. The minimum Gasteiger partial charge on any atom is -0.320 e. The van der Waals surface area contributed by atoms with E-state index in [2.05, 4.69) is 29.1 Å². The third kappa shape index (κ3) is 4.07. The molecule has 0 saturated heterocycles. The maximum atomic E-state index is 12.2. The Hall–Kier alpha value is -1.86. The van der Waals surface area contributed by atoms with E-state index in [1.54, 1.807) is 18.3 Å². The molecule has 0 atom stereocenters. The molecule has 1 fully saturated rings. The molecule has 0 aromatic carbocycles. The van der Waals surface area contributed by atoms with Crippen molar-refractivity contribution in [1.29, 1.82) is 0 Å². The smallest absolute Gasteiger partial charge is 0.228 e. The molecular weight excluding hydrogens is 250 g/mol. The summed E-state index contributed by atoms with van der Waals surface area (Å²) in [5, 5.41) is 2.89. The van der Waals surface area contributed by atoms with E-state index in [9.17, 15) is 4.79 Å². The third-order valence-corrected chi connectivity index (χ3v) is 3.73. The first-order chi connectivity index (χ1) is 9.69. The number of pyridine rings is 1. The van der Waals surface area contributed by atoms with E-state index in [1.807, 2.05) is 0 Å². The number of hydrogen-bond acceptors (Lipinski definition) is 3. The highest BCUT2D eigenvalue weighted by Crippen LogP contribution is 2.28. The first-order valence-electron chi connectivity index (χ1n) is 7.15. The Morgan fingerprint density at radius 1 is 1.45 bits per heavy atom. The molecule has 1 amide bonds. The van der Waals surface area contributed by atoms with Crippen molar-refractivity contribution in [3.63, 3.8) is 0 Å². The Kier molecular flexibility index (Phi) is 5.14. The van der Waals surface area contributed by atoms with Gasteiger partial charge in [-0.3, -0.25) is 4.79 Å². The number of nitrogens with zero attached hydrogens (tertiary/aromatic N) is 1. The molecule has 0 spiro atoms. The second-order valence-corrected chi connectivity index (χ2v) is 5.38. The van der Waals surface area contributed by atoms with Crippen molar-refractivity contribution in [3.05, 3.63) is 23.9 Å². The Labute approximate surface area is 120 Å². The topological polar surface area (TPSA) is 68.0 Å². The summed E-state index contributed by atoms with van der Waals surface area (Å²) in [4.78, 5) is 16.4. The SMILES string of the molecule is CC1CCC(C(=O)Nc2cc(C#CCN)ccn2)CC1. The molecule has 0 bridgehead atoms. The Bertz CT molecular complexity index is 522. The van der Waals surface area contributed by atoms with Gasteiger partial charge in [-0.2, -0.15) is 0 Å². The predicted molar refractivity (Wildman–Crippen MR) is 79.9 cm³/mol. The van der Waals surface area contributed by atoms with Gasteiger partial charge in [0.1, 0.15) is 5.82 Å². The van der Waals surface area contributed by atoms with Crippen LogP contribution in [0.4, 0.5) is 5.82 Å².